The monoisotopic (exact) mass is 281 g/mol. The normalized spacial score (nSPS) is 32.4. The maximum atomic E-state index is 12.5. The van der Waals surface area contributed by atoms with Crippen LogP contribution in [0.4, 0.5) is 0 Å². The van der Waals surface area contributed by atoms with E-state index in [1.54, 1.807) is 0 Å². The molecular formula is C15H27N3O2. The van der Waals surface area contributed by atoms with Crippen molar-refractivity contribution in [1.29, 1.82) is 0 Å². The maximum absolute atomic E-state index is 12.5. The van der Waals surface area contributed by atoms with Gasteiger partial charge in [-0.2, -0.15) is 0 Å². The van der Waals surface area contributed by atoms with Gasteiger partial charge in [0.1, 0.15) is 12.1 Å². The first kappa shape index (κ1) is 15.3. The number of hydrogen-bond donors (Lipinski definition) is 1. The van der Waals surface area contributed by atoms with Gasteiger partial charge in [-0.25, -0.2) is 0 Å². The van der Waals surface area contributed by atoms with Crippen molar-refractivity contribution in [3.8, 4) is 0 Å². The second-order valence-electron chi connectivity index (χ2n) is 6.15. The van der Waals surface area contributed by atoms with Crippen molar-refractivity contribution in [2.75, 3.05) is 26.7 Å². The van der Waals surface area contributed by atoms with Crippen LogP contribution in [-0.4, -0.2) is 60.4 Å². The van der Waals surface area contributed by atoms with Gasteiger partial charge < -0.3 is 15.1 Å². The third kappa shape index (κ3) is 3.14. The molecular weight excluding hydrogens is 254 g/mol. The Hall–Kier alpha value is -1.10. The van der Waals surface area contributed by atoms with E-state index in [-0.39, 0.29) is 23.9 Å². The highest BCUT2D eigenvalue weighted by molar-refractivity contribution is 5.96. The lowest BCUT2D eigenvalue weighted by Crippen LogP contribution is -2.64. The van der Waals surface area contributed by atoms with E-state index in [1.165, 1.54) is 6.42 Å². The highest BCUT2D eigenvalue weighted by Gasteiger charge is 2.39. The van der Waals surface area contributed by atoms with E-state index in [0.717, 1.165) is 26.1 Å². The summed E-state index contributed by atoms with van der Waals surface area (Å²) in [4.78, 5) is 28.8. The van der Waals surface area contributed by atoms with Crippen molar-refractivity contribution >= 4 is 11.8 Å². The van der Waals surface area contributed by atoms with Gasteiger partial charge in [-0.05, 0) is 45.2 Å². The smallest absolute Gasteiger partial charge is 0.245 e. The Labute approximate surface area is 121 Å². The number of hydrogen-bond acceptors (Lipinski definition) is 3. The van der Waals surface area contributed by atoms with Gasteiger partial charge in [-0.3, -0.25) is 9.59 Å². The number of piperidine rings is 1. The first-order chi connectivity index (χ1) is 9.56. The Morgan fingerprint density at radius 3 is 2.60 bits per heavy atom. The zero-order valence-corrected chi connectivity index (χ0v) is 12.9. The first-order valence-corrected chi connectivity index (χ1v) is 7.86. The van der Waals surface area contributed by atoms with Crippen LogP contribution < -0.4 is 5.32 Å². The summed E-state index contributed by atoms with van der Waals surface area (Å²) in [5.74, 6) is 0.616. The molecule has 0 bridgehead atoms. The van der Waals surface area contributed by atoms with Crippen LogP contribution in [0.3, 0.4) is 0 Å². The summed E-state index contributed by atoms with van der Waals surface area (Å²) in [7, 11) is 2.13. The SMILES string of the molecule is CCC1NC(=O)C(CC)N(CC2CCCN(C)C2)C1=O. The number of carbonyl (C=O) groups excluding carboxylic acids is 2. The summed E-state index contributed by atoms with van der Waals surface area (Å²) in [5.41, 5.74) is 0. The van der Waals surface area contributed by atoms with E-state index >= 15 is 0 Å². The van der Waals surface area contributed by atoms with Crippen LogP contribution in [0.2, 0.25) is 0 Å². The van der Waals surface area contributed by atoms with E-state index in [9.17, 15) is 9.59 Å². The maximum Gasteiger partial charge on any atom is 0.245 e. The average Bonchev–Trinajstić information content (AvgIpc) is 2.43. The molecule has 5 heteroatoms. The molecule has 3 unspecified atom stereocenters. The molecule has 1 N–H and O–H groups in total. The molecule has 2 fully saturated rings. The minimum absolute atomic E-state index is 0.0168. The number of rotatable bonds is 4. The van der Waals surface area contributed by atoms with Crippen molar-refractivity contribution < 1.29 is 9.59 Å². The Morgan fingerprint density at radius 2 is 2.00 bits per heavy atom. The van der Waals surface area contributed by atoms with Gasteiger partial charge in [0, 0.05) is 13.1 Å². The highest BCUT2D eigenvalue weighted by atomic mass is 16.2. The van der Waals surface area contributed by atoms with Gasteiger partial charge in [-0.15, -0.1) is 0 Å². The molecule has 2 heterocycles. The largest absolute Gasteiger partial charge is 0.343 e. The molecule has 0 aromatic rings. The van der Waals surface area contributed by atoms with E-state index in [2.05, 4.69) is 17.3 Å². The van der Waals surface area contributed by atoms with Crippen molar-refractivity contribution in [1.82, 2.24) is 15.1 Å². The third-order valence-corrected chi connectivity index (χ3v) is 4.55. The number of amides is 2. The summed E-state index contributed by atoms with van der Waals surface area (Å²) in [6, 6.07) is -0.607. The van der Waals surface area contributed by atoms with E-state index in [0.29, 0.717) is 18.8 Å². The average molecular weight is 281 g/mol. The quantitative estimate of drug-likeness (QED) is 0.831. The van der Waals surface area contributed by atoms with Crippen LogP contribution in [0.15, 0.2) is 0 Å². The summed E-state index contributed by atoms with van der Waals surface area (Å²) in [6.45, 7) is 6.81. The summed E-state index contributed by atoms with van der Waals surface area (Å²) in [5, 5.41) is 2.85. The molecule has 2 aliphatic heterocycles. The van der Waals surface area contributed by atoms with Crippen LogP contribution in [0, 0.1) is 5.92 Å². The molecule has 0 aromatic heterocycles. The van der Waals surface area contributed by atoms with Crippen molar-refractivity contribution in [3.05, 3.63) is 0 Å². The van der Waals surface area contributed by atoms with Crippen LogP contribution in [-0.2, 0) is 9.59 Å². The summed E-state index contributed by atoms with van der Waals surface area (Å²) < 4.78 is 0. The summed E-state index contributed by atoms with van der Waals surface area (Å²) >= 11 is 0. The predicted molar refractivity (Wildman–Crippen MR) is 78.2 cm³/mol. The van der Waals surface area contributed by atoms with Crippen LogP contribution >= 0.6 is 0 Å². The van der Waals surface area contributed by atoms with E-state index < -0.39 is 0 Å². The topological polar surface area (TPSA) is 52.7 Å². The standard InChI is InChI=1S/C15H27N3O2/c1-4-12-15(20)18(13(5-2)14(19)16-12)10-11-7-6-8-17(3)9-11/h11-13H,4-10H2,1-3H3,(H,16,19). The first-order valence-electron chi connectivity index (χ1n) is 7.86. The Balaban J connectivity index is 2.08. The summed E-state index contributed by atoms with van der Waals surface area (Å²) in [6.07, 6.45) is 3.70. The zero-order chi connectivity index (χ0) is 14.7. The van der Waals surface area contributed by atoms with Crippen LogP contribution in [0.25, 0.3) is 0 Å². The minimum atomic E-state index is -0.327. The Morgan fingerprint density at radius 1 is 1.25 bits per heavy atom. The second-order valence-corrected chi connectivity index (χ2v) is 6.15. The molecule has 0 spiro atoms. The molecule has 0 aromatic carbocycles. The molecule has 2 aliphatic rings. The number of nitrogens with one attached hydrogen (secondary N) is 1. The van der Waals surface area contributed by atoms with Gasteiger partial charge >= 0.3 is 0 Å². The molecule has 2 rings (SSSR count). The molecule has 114 valence electrons. The number of carbonyl (C=O) groups is 2. The van der Waals surface area contributed by atoms with Gasteiger partial charge in [0.25, 0.3) is 0 Å². The third-order valence-electron chi connectivity index (χ3n) is 4.55. The zero-order valence-electron chi connectivity index (χ0n) is 12.9. The molecule has 20 heavy (non-hydrogen) atoms. The van der Waals surface area contributed by atoms with Gasteiger partial charge in [0.15, 0.2) is 0 Å². The minimum Gasteiger partial charge on any atom is -0.343 e. The lowest BCUT2D eigenvalue weighted by molar-refractivity contribution is -0.150. The lowest BCUT2D eigenvalue weighted by atomic mass is 9.95. The molecule has 2 amide bonds. The number of piperazine rings is 1. The number of nitrogens with zero attached hydrogens (tertiary/aromatic N) is 2. The fourth-order valence-corrected chi connectivity index (χ4v) is 3.43. The predicted octanol–water partition coefficient (Wildman–Crippen LogP) is 0.844. The van der Waals surface area contributed by atoms with Gasteiger partial charge in [0.2, 0.25) is 11.8 Å². The second kappa shape index (κ2) is 6.57. The Kier molecular flexibility index (Phi) is 5.02. The van der Waals surface area contributed by atoms with E-state index in [1.807, 2.05) is 18.7 Å². The highest BCUT2D eigenvalue weighted by Crippen LogP contribution is 2.21. The fourth-order valence-electron chi connectivity index (χ4n) is 3.43. The fraction of sp³-hybridized carbons (Fsp3) is 0.867. The van der Waals surface area contributed by atoms with Crippen LogP contribution in [0.5, 0.6) is 0 Å². The molecule has 3 atom stereocenters. The van der Waals surface area contributed by atoms with Crippen molar-refractivity contribution in [3.63, 3.8) is 0 Å². The van der Waals surface area contributed by atoms with Crippen LogP contribution in [0.1, 0.15) is 39.5 Å². The van der Waals surface area contributed by atoms with E-state index in [4.69, 9.17) is 0 Å². The molecule has 2 saturated heterocycles. The lowest BCUT2D eigenvalue weighted by Gasteiger charge is -2.41. The Bertz CT molecular complexity index is 372. The number of likely N-dealkylation sites (tertiary alicyclic amines) is 1. The van der Waals surface area contributed by atoms with Gasteiger partial charge in [-0.1, -0.05) is 13.8 Å². The van der Waals surface area contributed by atoms with Gasteiger partial charge in [0.05, 0.1) is 0 Å². The van der Waals surface area contributed by atoms with Crippen molar-refractivity contribution in [2.24, 2.45) is 5.92 Å². The molecule has 0 aliphatic carbocycles. The molecule has 5 nitrogen and oxygen atoms in total. The molecule has 0 radical (unpaired) electrons. The molecule has 0 saturated carbocycles. The van der Waals surface area contributed by atoms with Crippen molar-refractivity contribution in [2.45, 2.75) is 51.6 Å².